The predicted molar refractivity (Wildman–Crippen MR) is 72.1 cm³/mol. The maximum absolute atomic E-state index is 12.2. The second kappa shape index (κ2) is 7.54. The summed E-state index contributed by atoms with van der Waals surface area (Å²) in [5.41, 5.74) is 0.368. The Kier molecular flexibility index (Phi) is 6.04. The maximum Gasteiger partial charge on any atom is 0.367 e. The molecule has 0 aliphatic carbocycles. The van der Waals surface area contributed by atoms with Gasteiger partial charge in [0.25, 0.3) is 5.79 Å². The van der Waals surface area contributed by atoms with Gasteiger partial charge in [0.15, 0.2) is 0 Å². The van der Waals surface area contributed by atoms with E-state index in [9.17, 15) is 20.0 Å². The summed E-state index contributed by atoms with van der Waals surface area (Å²) in [5.74, 6) is -7.63. The molecule has 0 aromatic heterocycles. The van der Waals surface area contributed by atoms with Crippen molar-refractivity contribution in [1.29, 1.82) is 5.26 Å². The fraction of sp³-hybridized carbons (Fsp3) is 0.400. The molecule has 118 valence electrons. The van der Waals surface area contributed by atoms with Crippen LogP contribution in [-0.4, -0.2) is 39.1 Å². The third kappa shape index (κ3) is 3.08. The number of carboxylic acids is 1. The van der Waals surface area contributed by atoms with Crippen LogP contribution >= 0.6 is 0 Å². The number of carbonyl (C=O) groups is 2. The Morgan fingerprint density at radius 3 is 2.09 bits per heavy atom. The van der Waals surface area contributed by atoms with Crippen LogP contribution in [0.15, 0.2) is 30.3 Å². The summed E-state index contributed by atoms with van der Waals surface area (Å²) in [6, 6.07) is 9.73. The normalized spacial score (nSPS) is 13.7. The predicted octanol–water partition coefficient (Wildman–Crippen LogP) is -0.178. The van der Waals surface area contributed by atoms with Crippen molar-refractivity contribution in [2.45, 2.75) is 11.7 Å². The quantitative estimate of drug-likeness (QED) is 0.508. The van der Waals surface area contributed by atoms with Crippen molar-refractivity contribution in [1.82, 2.24) is 0 Å². The standard InChI is InChI=1S/C15H17NO6/c1-20-14(19)15(21-2,22-3)12(11(9-16)13(17)18)10-7-5-4-6-8-10/h4-8,11-12H,1-3H3,(H,17,18)/p-1/t11-,12-/m1/s1. The van der Waals surface area contributed by atoms with Crippen molar-refractivity contribution in [3.05, 3.63) is 35.9 Å². The average Bonchev–Trinajstić information content (AvgIpc) is 2.55. The smallest absolute Gasteiger partial charge is 0.367 e. The first-order valence-electron chi connectivity index (χ1n) is 6.32. The van der Waals surface area contributed by atoms with Crippen molar-refractivity contribution in [2.24, 2.45) is 5.92 Å². The molecule has 0 fully saturated rings. The molecule has 0 amide bonds. The van der Waals surface area contributed by atoms with E-state index in [0.29, 0.717) is 5.56 Å². The van der Waals surface area contributed by atoms with E-state index >= 15 is 0 Å². The van der Waals surface area contributed by atoms with Crippen LogP contribution < -0.4 is 5.11 Å². The van der Waals surface area contributed by atoms with Gasteiger partial charge in [0, 0.05) is 14.2 Å². The highest BCUT2D eigenvalue weighted by atomic mass is 16.7. The summed E-state index contributed by atoms with van der Waals surface area (Å²) in [7, 11) is 3.44. The molecule has 2 atom stereocenters. The zero-order chi connectivity index (χ0) is 16.8. The topological polar surface area (TPSA) is 109 Å². The van der Waals surface area contributed by atoms with Gasteiger partial charge in [-0.05, 0) is 5.56 Å². The molecule has 1 aromatic carbocycles. The summed E-state index contributed by atoms with van der Waals surface area (Å²) >= 11 is 0. The Hall–Kier alpha value is -2.43. The van der Waals surface area contributed by atoms with Crippen LogP contribution in [0.2, 0.25) is 0 Å². The van der Waals surface area contributed by atoms with Crippen LogP contribution in [-0.2, 0) is 23.8 Å². The molecule has 7 nitrogen and oxygen atoms in total. The van der Waals surface area contributed by atoms with Gasteiger partial charge in [-0.15, -0.1) is 0 Å². The summed E-state index contributed by atoms with van der Waals surface area (Å²) in [6.45, 7) is 0. The van der Waals surface area contributed by atoms with E-state index in [1.54, 1.807) is 36.4 Å². The lowest BCUT2D eigenvalue weighted by molar-refractivity contribution is -0.314. The van der Waals surface area contributed by atoms with Crippen molar-refractivity contribution in [3.8, 4) is 6.07 Å². The maximum atomic E-state index is 12.2. The van der Waals surface area contributed by atoms with Gasteiger partial charge in [-0.2, -0.15) is 5.26 Å². The molecule has 0 aliphatic rings. The number of methoxy groups -OCH3 is 3. The molecule has 0 N–H and O–H groups in total. The van der Waals surface area contributed by atoms with E-state index in [2.05, 4.69) is 4.74 Å². The molecule has 7 heteroatoms. The molecule has 0 unspecified atom stereocenters. The largest absolute Gasteiger partial charge is 0.549 e. The minimum Gasteiger partial charge on any atom is -0.549 e. The van der Waals surface area contributed by atoms with Crippen molar-refractivity contribution in [3.63, 3.8) is 0 Å². The lowest BCUT2D eigenvalue weighted by Gasteiger charge is -2.38. The molecule has 1 rings (SSSR count). The zero-order valence-electron chi connectivity index (χ0n) is 12.4. The van der Waals surface area contributed by atoms with Crippen LogP contribution in [0.3, 0.4) is 0 Å². The first-order valence-corrected chi connectivity index (χ1v) is 6.32. The van der Waals surface area contributed by atoms with Crippen LogP contribution in [0.1, 0.15) is 11.5 Å². The van der Waals surface area contributed by atoms with E-state index in [1.165, 1.54) is 14.2 Å². The van der Waals surface area contributed by atoms with Crippen LogP contribution in [0.5, 0.6) is 0 Å². The van der Waals surface area contributed by atoms with Gasteiger partial charge in [-0.1, -0.05) is 30.3 Å². The zero-order valence-corrected chi connectivity index (χ0v) is 12.4. The molecule has 0 radical (unpaired) electrons. The molecule has 0 saturated heterocycles. The fourth-order valence-electron chi connectivity index (χ4n) is 2.33. The number of aliphatic carboxylic acids is 1. The summed E-state index contributed by atoms with van der Waals surface area (Å²) in [4.78, 5) is 23.5. The molecule has 0 saturated carbocycles. The van der Waals surface area contributed by atoms with Gasteiger partial charge in [0.2, 0.25) is 0 Å². The fourth-order valence-corrected chi connectivity index (χ4v) is 2.33. The van der Waals surface area contributed by atoms with E-state index in [4.69, 9.17) is 9.47 Å². The number of nitrogens with zero attached hydrogens (tertiary/aromatic N) is 1. The Bertz CT molecular complexity index is 561. The molecular weight excluding hydrogens is 290 g/mol. The van der Waals surface area contributed by atoms with Crippen molar-refractivity contribution in [2.75, 3.05) is 21.3 Å². The number of hydrogen-bond donors (Lipinski definition) is 0. The number of ether oxygens (including phenoxy) is 3. The van der Waals surface area contributed by atoms with E-state index in [1.807, 2.05) is 0 Å². The third-order valence-corrected chi connectivity index (χ3v) is 3.37. The molecular formula is C15H16NO6-. The third-order valence-electron chi connectivity index (χ3n) is 3.37. The summed E-state index contributed by atoms with van der Waals surface area (Å²) in [5, 5.41) is 20.5. The van der Waals surface area contributed by atoms with Crippen molar-refractivity contribution >= 4 is 11.9 Å². The molecule has 0 spiro atoms. The Morgan fingerprint density at radius 2 is 1.73 bits per heavy atom. The number of hydrogen-bond acceptors (Lipinski definition) is 7. The van der Waals surface area contributed by atoms with Gasteiger partial charge in [0.1, 0.15) is 0 Å². The first-order chi connectivity index (χ1) is 10.5. The number of rotatable bonds is 7. The number of esters is 1. The van der Waals surface area contributed by atoms with Crippen LogP contribution in [0, 0.1) is 17.2 Å². The van der Waals surface area contributed by atoms with E-state index in [0.717, 1.165) is 7.11 Å². The molecule has 0 bridgehead atoms. The van der Waals surface area contributed by atoms with Crippen molar-refractivity contribution < 1.29 is 28.9 Å². The summed E-state index contributed by atoms with van der Waals surface area (Å²) < 4.78 is 15.0. The number of nitriles is 1. The minimum absolute atomic E-state index is 0.368. The molecule has 0 heterocycles. The molecule has 1 aromatic rings. The lowest BCUT2D eigenvalue weighted by Crippen LogP contribution is -2.53. The van der Waals surface area contributed by atoms with Crippen LogP contribution in [0.4, 0.5) is 0 Å². The van der Waals surface area contributed by atoms with Gasteiger partial charge in [-0.3, -0.25) is 0 Å². The second-order valence-electron chi connectivity index (χ2n) is 4.38. The van der Waals surface area contributed by atoms with Gasteiger partial charge < -0.3 is 24.1 Å². The van der Waals surface area contributed by atoms with Gasteiger partial charge in [-0.25, -0.2) is 4.79 Å². The van der Waals surface area contributed by atoms with E-state index < -0.39 is 29.6 Å². The highest BCUT2D eigenvalue weighted by Crippen LogP contribution is 2.39. The minimum atomic E-state index is -2.09. The Morgan fingerprint density at radius 1 is 1.18 bits per heavy atom. The highest BCUT2D eigenvalue weighted by molar-refractivity contribution is 5.82. The second-order valence-corrected chi connectivity index (χ2v) is 4.38. The first kappa shape index (κ1) is 17.6. The Labute approximate surface area is 128 Å². The summed E-state index contributed by atoms with van der Waals surface area (Å²) in [6.07, 6.45) is 0. The van der Waals surface area contributed by atoms with Gasteiger partial charge >= 0.3 is 5.97 Å². The van der Waals surface area contributed by atoms with Gasteiger partial charge in [0.05, 0.1) is 31.0 Å². The van der Waals surface area contributed by atoms with E-state index in [-0.39, 0.29) is 0 Å². The average molecular weight is 306 g/mol. The Balaban J connectivity index is 3.57. The monoisotopic (exact) mass is 306 g/mol. The molecule has 0 aliphatic heterocycles. The number of carbonyl (C=O) groups excluding carboxylic acids is 2. The number of benzene rings is 1. The lowest BCUT2D eigenvalue weighted by atomic mass is 9.80. The SMILES string of the molecule is COC(=O)C(OC)(OC)[C@H](c1ccccc1)[C@@H](C#N)C(=O)[O-]. The van der Waals surface area contributed by atoms with Crippen LogP contribution in [0.25, 0.3) is 0 Å². The highest BCUT2D eigenvalue weighted by Gasteiger charge is 2.53. The molecule has 22 heavy (non-hydrogen) atoms. The number of carboxylic acid groups (broad SMARTS) is 1.